The SMILES string of the molecule is Cc1noc2nc(C(C)C)cc(C(=O)N3CCC(N4CCCOCC4)CC3)c12. The second-order valence-electron chi connectivity index (χ2n) is 8.22. The molecule has 1 amide bonds. The second-order valence-corrected chi connectivity index (χ2v) is 8.22. The van der Waals surface area contributed by atoms with Crippen LogP contribution >= 0.6 is 0 Å². The highest BCUT2D eigenvalue weighted by Gasteiger charge is 2.30. The number of nitrogens with zero attached hydrogens (tertiary/aromatic N) is 4. The van der Waals surface area contributed by atoms with Gasteiger partial charge in [0.2, 0.25) is 0 Å². The molecule has 2 aliphatic heterocycles. The highest BCUT2D eigenvalue weighted by Crippen LogP contribution is 2.27. The lowest BCUT2D eigenvalue weighted by Gasteiger charge is -2.38. The molecule has 0 bridgehead atoms. The number of piperidine rings is 1. The summed E-state index contributed by atoms with van der Waals surface area (Å²) in [4.78, 5) is 22.4. The molecule has 4 rings (SSSR count). The van der Waals surface area contributed by atoms with Gasteiger partial charge < -0.3 is 14.2 Å². The Labute approximate surface area is 166 Å². The van der Waals surface area contributed by atoms with E-state index >= 15 is 0 Å². The summed E-state index contributed by atoms with van der Waals surface area (Å²) in [5, 5.41) is 4.79. The van der Waals surface area contributed by atoms with E-state index in [0.717, 1.165) is 75.4 Å². The molecule has 7 nitrogen and oxygen atoms in total. The molecule has 0 radical (unpaired) electrons. The smallest absolute Gasteiger partial charge is 0.259 e. The fraction of sp³-hybridized carbons (Fsp3) is 0.667. The molecule has 0 saturated carbocycles. The largest absolute Gasteiger partial charge is 0.380 e. The summed E-state index contributed by atoms with van der Waals surface area (Å²) < 4.78 is 11.0. The molecular formula is C21H30N4O3. The third-order valence-corrected chi connectivity index (χ3v) is 5.98. The predicted molar refractivity (Wildman–Crippen MR) is 107 cm³/mol. The fourth-order valence-corrected chi connectivity index (χ4v) is 4.31. The Balaban J connectivity index is 1.51. The number of hydrogen-bond acceptors (Lipinski definition) is 6. The summed E-state index contributed by atoms with van der Waals surface area (Å²) in [5.41, 5.74) is 2.73. The molecule has 2 aromatic rings. The fourth-order valence-electron chi connectivity index (χ4n) is 4.31. The van der Waals surface area contributed by atoms with Crippen molar-refractivity contribution in [1.82, 2.24) is 19.9 Å². The molecule has 0 atom stereocenters. The minimum atomic E-state index is 0.0678. The quantitative estimate of drug-likeness (QED) is 0.808. The molecule has 2 fully saturated rings. The Morgan fingerprint density at radius 3 is 2.71 bits per heavy atom. The highest BCUT2D eigenvalue weighted by molar-refractivity contribution is 6.06. The summed E-state index contributed by atoms with van der Waals surface area (Å²) >= 11 is 0. The Morgan fingerprint density at radius 1 is 1.18 bits per heavy atom. The molecule has 0 aromatic carbocycles. The number of hydrogen-bond donors (Lipinski definition) is 0. The van der Waals surface area contributed by atoms with Crippen LogP contribution in [0.1, 0.15) is 60.8 Å². The maximum Gasteiger partial charge on any atom is 0.259 e. The van der Waals surface area contributed by atoms with Gasteiger partial charge in [0, 0.05) is 44.5 Å². The van der Waals surface area contributed by atoms with Crippen molar-refractivity contribution >= 4 is 17.0 Å². The number of likely N-dealkylation sites (tertiary alicyclic amines) is 1. The van der Waals surface area contributed by atoms with Crippen LogP contribution in [0.5, 0.6) is 0 Å². The maximum atomic E-state index is 13.4. The van der Waals surface area contributed by atoms with E-state index in [0.29, 0.717) is 17.3 Å². The summed E-state index contributed by atoms with van der Waals surface area (Å²) in [6, 6.07) is 2.48. The molecule has 0 spiro atoms. The van der Waals surface area contributed by atoms with E-state index in [1.54, 1.807) is 0 Å². The third-order valence-electron chi connectivity index (χ3n) is 5.98. The Morgan fingerprint density at radius 2 is 1.96 bits per heavy atom. The van der Waals surface area contributed by atoms with Gasteiger partial charge >= 0.3 is 0 Å². The zero-order valence-corrected chi connectivity index (χ0v) is 17.1. The van der Waals surface area contributed by atoms with Gasteiger partial charge in [0.1, 0.15) is 0 Å². The van der Waals surface area contributed by atoms with Crippen LogP contribution in [0.4, 0.5) is 0 Å². The number of aromatic nitrogens is 2. The van der Waals surface area contributed by atoms with E-state index in [2.05, 4.69) is 28.9 Å². The number of carbonyl (C=O) groups excluding carboxylic acids is 1. The average Bonchev–Trinajstić information content (AvgIpc) is 2.92. The highest BCUT2D eigenvalue weighted by atomic mass is 16.5. The van der Waals surface area contributed by atoms with Crippen LogP contribution in [-0.4, -0.2) is 71.3 Å². The molecule has 2 aliphatic rings. The molecule has 0 N–H and O–H groups in total. The van der Waals surface area contributed by atoms with Crippen LogP contribution < -0.4 is 0 Å². The Kier molecular flexibility index (Phi) is 5.64. The van der Waals surface area contributed by atoms with E-state index in [-0.39, 0.29) is 11.8 Å². The van der Waals surface area contributed by atoms with Crippen molar-refractivity contribution in [3.63, 3.8) is 0 Å². The molecule has 0 aliphatic carbocycles. The number of amides is 1. The van der Waals surface area contributed by atoms with Crippen molar-refractivity contribution in [2.45, 2.75) is 52.0 Å². The van der Waals surface area contributed by atoms with Crippen molar-refractivity contribution in [3.05, 3.63) is 23.0 Å². The first-order chi connectivity index (χ1) is 13.5. The number of fused-ring (bicyclic) bond motifs is 1. The first-order valence-corrected chi connectivity index (χ1v) is 10.4. The van der Waals surface area contributed by atoms with Gasteiger partial charge in [0.05, 0.1) is 23.3 Å². The number of ether oxygens (including phenoxy) is 1. The predicted octanol–water partition coefficient (Wildman–Crippen LogP) is 2.98. The summed E-state index contributed by atoms with van der Waals surface area (Å²) in [6.45, 7) is 11.4. The van der Waals surface area contributed by atoms with Crippen LogP contribution in [-0.2, 0) is 4.74 Å². The van der Waals surface area contributed by atoms with Crippen molar-refractivity contribution in [2.75, 3.05) is 39.4 Å². The molecule has 2 aromatic heterocycles. The maximum absolute atomic E-state index is 13.4. The summed E-state index contributed by atoms with van der Waals surface area (Å²) in [7, 11) is 0. The van der Waals surface area contributed by atoms with E-state index in [1.807, 2.05) is 17.9 Å². The van der Waals surface area contributed by atoms with Crippen LogP contribution in [0.2, 0.25) is 0 Å². The first kappa shape index (κ1) is 19.3. The van der Waals surface area contributed by atoms with Crippen LogP contribution in [0.3, 0.4) is 0 Å². The number of pyridine rings is 1. The Bertz CT molecular complexity index is 832. The van der Waals surface area contributed by atoms with Crippen LogP contribution in [0, 0.1) is 6.92 Å². The number of rotatable bonds is 3. The average molecular weight is 386 g/mol. The van der Waals surface area contributed by atoms with Gasteiger partial charge in [0.25, 0.3) is 11.6 Å². The minimum Gasteiger partial charge on any atom is -0.380 e. The van der Waals surface area contributed by atoms with Gasteiger partial charge in [0.15, 0.2) is 0 Å². The lowest BCUT2D eigenvalue weighted by Crippen LogP contribution is -2.47. The number of aryl methyl sites for hydroxylation is 1. The van der Waals surface area contributed by atoms with E-state index in [9.17, 15) is 4.79 Å². The van der Waals surface area contributed by atoms with Gasteiger partial charge in [-0.2, -0.15) is 0 Å². The van der Waals surface area contributed by atoms with Gasteiger partial charge in [-0.1, -0.05) is 19.0 Å². The van der Waals surface area contributed by atoms with E-state index in [4.69, 9.17) is 9.26 Å². The van der Waals surface area contributed by atoms with E-state index < -0.39 is 0 Å². The van der Waals surface area contributed by atoms with Crippen molar-refractivity contribution in [2.24, 2.45) is 0 Å². The first-order valence-electron chi connectivity index (χ1n) is 10.4. The lowest BCUT2D eigenvalue weighted by atomic mass is 9.99. The lowest BCUT2D eigenvalue weighted by molar-refractivity contribution is 0.0610. The molecule has 2 saturated heterocycles. The Hall–Kier alpha value is -1.99. The van der Waals surface area contributed by atoms with Crippen LogP contribution in [0.25, 0.3) is 11.1 Å². The van der Waals surface area contributed by atoms with E-state index in [1.165, 1.54) is 0 Å². The summed E-state index contributed by atoms with van der Waals surface area (Å²) in [5.74, 6) is 0.288. The normalized spacial score (nSPS) is 20.1. The standard InChI is InChI=1S/C21H30N4O3/c1-14(2)18-13-17(19-15(3)23-28-20(19)22-18)21(26)25-8-5-16(6-9-25)24-7-4-11-27-12-10-24/h13-14,16H,4-12H2,1-3H3. The van der Waals surface area contributed by atoms with Gasteiger partial charge in [-0.15, -0.1) is 0 Å². The summed E-state index contributed by atoms with van der Waals surface area (Å²) in [6.07, 6.45) is 3.12. The molecule has 7 heteroatoms. The molecule has 152 valence electrons. The number of carbonyl (C=O) groups is 1. The van der Waals surface area contributed by atoms with Crippen LogP contribution in [0.15, 0.2) is 10.6 Å². The van der Waals surface area contributed by atoms with Crippen molar-refractivity contribution in [3.8, 4) is 0 Å². The minimum absolute atomic E-state index is 0.0678. The van der Waals surface area contributed by atoms with Crippen molar-refractivity contribution in [1.29, 1.82) is 0 Å². The second kappa shape index (κ2) is 8.17. The molecular weight excluding hydrogens is 356 g/mol. The topological polar surface area (TPSA) is 71.7 Å². The van der Waals surface area contributed by atoms with Gasteiger partial charge in [-0.05, 0) is 38.2 Å². The monoisotopic (exact) mass is 386 g/mol. The molecule has 28 heavy (non-hydrogen) atoms. The van der Waals surface area contributed by atoms with Gasteiger partial charge in [-0.3, -0.25) is 9.69 Å². The van der Waals surface area contributed by atoms with Gasteiger partial charge in [-0.25, -0.2) is 4.98 Å². The molecule has 4 heterocycles. The zero-order chi connectivity index (χ0) is 19.7. The third kappa shape index (κ3) is 3.78. The van der Waals surface area contributed by atoms with Crippen molar-refractivity contribution < 1.29 is 14.1 Å². The zero-order valence-electron chi connectivity index (χ0n) is 17.1. The molecule has 0 unspecified atom stereocenters.